The molecule has 0 aliphatic heterocycles. The molecule has 0 bridgehead atoms. The van der Waals surface area contributed by atoms with E-state index in [0.29, 0.717) is 11.0 Å². The molecule has 2 N–H and O–H groups in total. The van der Waals surface area contributed by atoms with E-state index >= 15 is 0 Å². The summed E-state index contributed by atoms with van der Waals surface area (Å²) in [4.78, 5) is 0. The molecule has 0 fully saturated rings. The lowest BCUT2D eigenvalue weighted by atomic mass is 10.1. The highest BCUT2D eigenvalue weighted by molar-refractivity contribution is 7.85. The summed E-state index contributed by atoms with van der Waals surface area (Å²) in [5.41, 5.74) is 0. The Morgan fingerprint density at radius 2 is 1.20 bits per heavy atom. The smallest absolute Gasteiger partial charge is 0.267 e. The largest absolute Gasteiger partial charge is 0.386 e. The second-order valence-electron chi connectivity index (χ2n) is 8.13. The van der Waals surface area contributed by atoms with E-state index in [2.05, 4.69) is 6.92 Å². The van der Waals surface area contributed by atoms with Crippen LogP contribution in [0.25, 0.3) is 0 Å². The zero-order chi connectivity index (χ0) is 19.2. The van der Waals surface area contributed by atoms with Gasteiger partial charge in [-0.05, 0) is 12.8 Å². The number of unbranched alkanes of at least 4 members (excludes halogenated alkanes) is 11. The molecule has 0 aliphatic carbocycles. The fraction of sp³-hybridized carbons (Fsp3) is 1.00. The van der Waals surface area contributed by atoms with Gasteiger partial charge in [0.15, 0.2) is 0 Å². The summed E-state index contributed by atoms with van der Waals surface area (Å²) >= 11 is 0. The maximum absolute atomic E-state index is 10.8. The average Bonchev–Trinajstić information content (AvgIpc) is 2.45. The van der Waals surface area contributed by atoms with Crippen molar-refractivity contribution in [3.63, 3.8) is 0 Å². The number of hydrogen-bond acceptors (Lipinski definition) is 3. The Bertz CT molecular complexity index is 410. The lowest BCUT2D eigenvalue weighted by Crippen LogP contribution is -2.47. The number of aliphatic hydroxyl groups is 1. The summed E-state index contributed by atoms with van der Waals surface area (Å²) in [6.45, 7) is 3.51. The second kappa shape index (κ2) is 14.0. The lowest BCUT2D eigenvalue weighted by Gasteiger charge is -2.31. The summed E-state index contributed by atoms with van der Waals surface area (Å²) in [5.74, 6) is -0.576. The van der Waals surface area contributed by atoms with Crippen LogP contribution < -0.4 is 0 Å². The highest BCUT2D eigenvalue weighted by Crippen LogP contribution is 2.13. The van der Waals surface area contributed by atoms with Crippen LogP contribution in [0.5, 0.6) is 0 Å². The highest BCUT2D eigenvalue weighted by Gasteiger charge is 2.23. The molecule has 1 atom stereocenters. The lowest BCUT2D eigenvalue weighted by molar-refractivity contribution is -0.893. The van der Waals surface area contributed by atoms with Crippen LogP contribution in [0.2, 0.25) is 0 Å². The first-order chi connectivity index (χ1) is 11.7. The maximum atomic E-state index is 10.8. The van der Waals surface area contributed by atoms with Gasteiger partial charge in [-0.15, -0.1) is 0 Å². The number of hydrogen-bond donors (Lipinski definition) is 2. The molecule has 25 heavy (non-hydrogen) atoms. The third-order valence-corrected chi connectivity index (χ3v) is 5.53. The SMILES string of the molecule is CCCCCCCCCCCCCC[N+](C)(C)CC(O)CS(=O)(=O)O. The highest BCUT2D eigenvalue weighted by atomic mass is 32.2. The van der Waals surface area contributed by atoms with Gasteiger partial charge in [0.2, 0.25) is 0 Å². The molecule has 0 spiro atoms. The second-order valence-corrected chi connectivity index (χ2v) is 9.63. The van der Waals surface area contributed by atoms with Crippen molar-refractivity contribution in [2.24, 2.45) is 0 Å². The summed E-state index contributed by atoms with van der Waals surface area (Å²) < 4.78 is 30.9. The van der Waals surface area contributed by atoms with Gasteiger partial charge >= 0.3 is 0 Å². The quantitative estimate of drug-likeness (QED) is 0.227. The summed E-state index contributed by atoms with van der Waals surface area (Å²) in [7, 11) is -0.119. The van der Waals surface area contributed by atoms with E-state index in [4.69, 9.17) is 4.55 Å². The molecule has 0 amide bonds. The van der Waals surface area contributed by atoms with Crippen molar-refractivity contribution in [2.75, 3.05) is 32.9 Å². The zero-order valence-corrected chi connectivity index (χ0v) is 17.6. The molecule has 0 aliphatic rings. The van der Waals surface area contributed by atoms with E-state index in [1.165, 1.54) is 70.6 Å². The van der Waals surface area contributed by atoms with Gasteiger partial charge in [-0.25, -0.2) is 0 Å². The molecule has 6 heteroatoms. The van der Waals surface area contributed by atoms with Crippen LogP contribution in [-0.4, -0.2) is 61.6 Å². The van der Waals surface area contributed by atoms with Gasteiger partial charge in [0.05, 0.1) is 20.6 Å². The van der Waals surface area contributed by atoms with E-state index in [1.54, 1.807) is 0 Å². The van der Waals surface area contributed by atoms with Gasteiger partial charge in [0.1, 0.15) is 18.4 Å². The van der Waals surface area contributed by atoms with E-state index in [9.17, 15) is 13.5 Å². The molecule has 1 unspecified atom stereocenters. The molecule has 0 rings (SSSR count). The molecule has 0 saturated heterocycles. The van der Waals surface area contributed by atoms with Crippen LogP contribution in [0.1, 0.15) is 84.0 Å². The molecule has 0 aromatic rings. The molecule has 5 nitrogen and oxygen atoms in total. The van der Waals surface area contributed by atoms with Gasteiger partial charge in [0, 0.05) is 0 Å². The minimum absolute atomic E-state index is 0.345. The number of aliphatic hydroxyl groups excluding tert-OH is 1. The number of nitrogens with zero attached hydrogens (tertiary/aromatic N) is 1. The zero-order valence-electron chi connectivity index (χ0n) is 16.8. The predicted octanol–water partition coefficient (Wildman–Crippen LogP) is 4.01. The first-order valence-electron chi connectivity index (χ1n) is 10.1. The fourth-order valence-corrected chi connectivity index (χ4v) is 3.93. The summed E-state index contributed by atoms with van der Waals surface area (Å²) in [5, 5.41) is 9.76. The van der Waals surface area contributed by atoms with Crippen LogP contribution in [0.15, 0.2) is 0 Å². The van der Waals surface area contributed by atoms with E-state index < -0.39 is 22.0 Å². The third-order valence-electron chi connectivity index (χ3n) is 4.72. The Labute approximate surface area is 156 Å². The van der Waals surface area contributed by atoms with Gasteiger partial charge in [-0.3, -0.25) is 4.55 Å². The molecule has 0 aromatic heterocycles. The minimum Gasteiger partial charge on any atom is -0.386 e. The Kier molecular flexibility index (Phi) is 13.9. The van der Waals surface area contributed by atoms with Gasteiger partial charge < -0.3 is 9.59 Å². The molecule has 0 heterocycles. The van der Waals surface area contributed by atoms with Crippen molar-refractivity contribution >= 4 is 10.1 Å². The predicted molar refractivity (Wildman–Crippen MR) is 105 cm³/mol. The topological polar surface area (TPSA) is 74.6 Å². The van der Waals surface area contributed by atoms with E-state index in [0.717, 1.165) is 13.0 Å². The van der Waals surface area contributed by atoms with Gasteiger partial charge in [0.25, 0.3) is 10.1 Å². The molecule has 0 saturated carbocycles. The maximum Gasteiger partial charge on any atom is 0.267 e. The molecule has 152 valence electrons. The van der Waals surface area contributed by atoms with Crippen LogP contribution in [0.3, 0.4) is 0 Å². The Hall–Kier alpha value is -0.170. The number of rotatable bonds is 17. The first kappa shape index (κ1) is 24.8. The first-order valence-corrected chi connectivity index (χ1v) is 11.7. The van der Waals surface area contributed by atoms with Crippen molar-refractivity contribution < 1.29 is 22.6 Å². The van der Waals surface area contributed by atoms with Crippen molar-refractivity contribution in [3.8, 4) is 0 Å². The van der Waals surface area contributed by atoms with Gasteiger partial charge in [-0.2, -0.15) is 8.42 Å². The summed E-state index contributed by atoms with van der Waals surface area (Å²) in [6.07, 6.45) is 14.7. The third kappa shape index (κ3) is 18.4. The van der Waals surface area contributed by atoms with Crippen LogP contribution >= 0.6 is 0 Å². The molecule has 0 aromatic carbocycles. The number of likely N-dealkylation sites (N-methyl/N-ethyl adjacent to an activating group) is 1. The Balaban J connectivity index is 3.54. The van der Waals surface area contributed by atoms with Crippen molar-refractivity contribution in [1.82, 2.24) is 0 Å². The standard InChI is InChI=1S/C19H41NO4S/c1-4-5-6-7-8-9-10-11-12-13-14-15-16-20(2,3)17-19(21)18-25(22,23)24/h19,21H,4-18H2,1-3H3/p+1. The van der Waals surface area contributed by atoms with E-state index in [-0.39, 0.29) is 0 Å². The minimum atomic E-state index is -4.10. The normalized spacial score (nSPS) is 14.0. The van der Waals surface area contributed by atoms with Crippen LogP contribution in [0.4, 0.5) is 0 Å². The van der Waals surface area contributed by atoms with E-state index in [1.807, 2.05) is 14.1 Å². The fourth-order valence-electron chi connectivity index (χ4n) is 3.34. The van der Waals surface area contributed by atoms with Crippen LogP contribution in [-0.2, 0) is 10.1 Å². The summed E-state index contributed by atoms with van der Waals surface area (Å²) in [6, 6.07) is 0. The number of quaternary nitrogens is 1. The van der Waals surface area contributed by atoms with Crippen molar-refractivity contribution in [2.45, 2.75) is 90.1 Å². The molecule has 0 radical (unpaired) electrons. The monoisotopic (exact) mass is 380 g/mol. The Morgan fingerprint density at radius 3 is 1.60 bits per heavy atom. The molecular formula is C19H42NO4S+. The van der Waals surface area contributed by atoms with Gasteiger partial charge in [-0.1, -0.05) is 71.1 Å². The van der Waals surface area contributed by atoms with Crippen molar-refractivity contribution in [1.29, 1.82) is 0 Å². The van der Waals surface area contributed by atoms with Crippen LogP contribution in [0, 0.1) is 0 Å². The molecular weight excluding hydrogens is 338 g/mol. The van der Waals surface area contributed by atoms with Crippen molar-refractivity contribution in [3.05, 3.63) is 0 Å². The Morgan fingerprint density at radius 1 is 0.800 bits per heavy atom. The average molecular weight is 381 g/mol.